The molecule has 3 atom stereocenters. The van der Waals surface area contributed by atoms with Crippen LogP contribution in [0.4, 0.5) is 4.79 Å². The fraction of sp³-hybridized carbons (Fsp3) is 0.562. The number of rotatable bonds is 5. The first-order chi connectivity index (χ1) is 10.6. The Balaban J connectivity index is 1.78. The van der Waals surface area contributed by atoms with E-state index in [0.29, 0.717) is 17.3 Å². The maximum Gasteiger partial charge on any atom is 0.315 e. The second kappa shape index (κ2) is 8.53. The Bertz CT molecular complexity index is 539. The molecule has 1 saturated carbocycles. The highest BCUT2D eigenvalue weighted by atomic mass is 35.5. The Morgan fingerprint density at radius 3 is 2.95 bits per heavy atom. The average Bonchev–Trinajstić information content (AvgIpc) is 2.52. The number of hydrogen-bond donors (Lipinski definition) is 2. The lowest BCUT2D eigenvalue weighted by molar-refractivity contribution is 0.232. The molecule has 2 amide bonds. The van der Waals surface area contributed by atoms with E-state index in [1.165, 1.54) is 0 Å². The van der Waals surface area contributed by atoms with Crippen molar-refractivity contribution in [2.24, 2.45) is 0 Å². The molecule has 1 aliphatic carbocycles. The molecule has 6 heteroatoms. The summed E-state index contributed by atoms with van der Waals surface area (Å²) in [4.78, 5) is 12.0. The van der Waals surface area contributed by atoms with Crippen molar-refractivity contribution in [3.05, 3.63) is 34.9 Å². The maximum atomic E-state index is 12.0. The number of hydrogen-bond acceptors (Lipinski definition) is 2. The van der Waals surface area contributed by atoms with Crippen molar-refractivity contribution in [1.29, 1.82) is 0 Å². The van der Waals surface area contributed by atoms with Crippen molar-refractivity contribution in [2.45, 2.75) is 50.4 Å². The maximum absolute atomic E-state index is 12.0. The van der Waals surface area contributed by atoms with Gasteiger partial charge in [-0.05, 0) is 37.0 Å². The highest BCUT2D eigenvalue weighted by Crippen LogP contribution is 2.23. The number of benzene rings is 1. The van der Waals surface area contributed by atoms with E-state index in [4.69, 9.17) is 11.6 Å². The SMILES string of the molecule is CC[S@](=O)[C@H]1CCC[C@@H](NC(=O)NCc2cccc(Cl)c2)C1. The van der Waals surface area contributed by atoms with Crippen LogP contribution < -0.4 is 10.6 Å². The van der Waals surface area contributed by atoms with Gasteiger partial charge in [0.25, 0.3) is 0 Å². The molecule has 0 saturated heterocycles. The van der Waals surface area contributed by atoms with Crippen LogP contribution in [0.5, 0.6) is 0 Å². The molecule has 1 fully saturated rings. The molecule has 0 radical (unpaired) electrons. The number of nitrogens with one attached hydrogen (secondary N) is 2. The van der Waals surface area contributed by atoms with Crippen molar-refractivity contribution in [2.75, 3.05) is 5.75 Å². The Labute approximate surface area is 139 Å². The topological polar surface area (TPSA) is 58.2 Å². The quantitative estimate of drug-likeness (QED) is 0.863. The minimum atomic E-state index is -0.771. The van der Waals surface area contributed by atoms with Crippen molar-refractivity contribution in [1.82, 2.24) is 10.6 Å². The third-order valence-electron chi connectivity index (χ3n) is 3.96. The van der Waals surface area contributed by atoms with Crippen LogP contribution in [0.2, 0.25) is 5.02 Å². The molecular weight excluding hydrogens is 320 g/mol. The van der Waals surface area contributed by atoms with Crippen LogP contribution in [0.3, 0.4) is 0 Å². The second-order valence-electron chi connectivity index (χ2n) is 5.61. The van der Waals surface area contributed by atoms with Gasteiger partial charge in [-0.25, -0.2) is 4.79 Å². The highest BCUT2D eigenvalue weighted by Gasteiger charge is 2.26. The molecule has 0 spiro atoms. The first-order valence-corrected chi connectivity index (χ1v) is 9.50. The first-order valence-electron chi connectivity index (χ1n) is 7.74. The molecule has 2 rings (SSSR count). The Morgan fingerprint density at radius 2 is 2.23 bits per heavy atom. The minimum Gasteiger partial charge on any atom is -0.335 e. The molecule has 22 heavy (non-hydrogen) atoms. The number of halogens is 1. The fourth-order valence-electron chi connectivity index (χ4n) is 2.82. The van der Waals surface area contributed by atoms with Gasteiger partial charge in [0.1, 0.15) is 0 Å². The smallest absolute Gasteiger partial charge is 0.315 e. The molecule has 0 unspecified atom stereocenters. The van der Waals surface area contributed by atoms with Crippen LogP contribution in [0.25, 0.3) is 0 Å². The fourth-order valence-corrected chi connectivity index (χ4v) is 4.38. The van der Waals surface area contributed by atoms with Crippen molar-refractivity contribution in [3.63, 3.8) is 0 Å². The summed E-state index contributed by atoms with van der Waals surface area (Å²) in [5.41, 5.74) is 0.969. The van der Waals surface area contributed by atoms with Gasteiger partial charge in [0, 0.05) is 39.4 Å². The third kappa shape index (κ3) is 5.29. The lowest BCUT2D eigenvalue weighted by atomic mass is 9.95. The molecule has 2 N–H and O–H groups in total. The second-order valence-corrected chi connectivity index (χ2v) is 8.05. The summed E-state index contributed by atoms with van der Waals surface area (Å²) in [6.07, 6.45) is 3.80. The first kappa shape index (κ1) is 17.3. The van der Waals surface area contributed by atoms with Gasteiger partial charge in [-0.3, -0.25) is 4.21 Å². The summed E-state index contributed by atoms with van der Waals surface area (Å²) in [5, 5.41) is 6.73. The van der Waals surface area contributed by atoms with E-state index in [1.807, 2.05) is 25.1 Å². The van der Waals surface area contributed by atoms with Crippen LogP contribution in [-0.2, 0) is 17.3 Å². The lowest BCUT2D eigenvalue weighted by Crippen LogP contribution is -2.45. The summed E-state index contributed by atoms with van der Waals surface area (Å²) < 4.78 is 11.9. The van der Waals surface area contributed by atoms with E-state index in [0.717, 1.165) is 31.2 Å². The summed E-state index contributed by atoms with van der Waals surface area (Å²) >= 11 is 5.92. The molecular formula is C16H23ClN2O2S. The predicted molar refractivity (Wildman–Crippen MR) is 91.6 cm³/mol. The molecule has 122 valence electrons. The highest BCUT2D eigenvalue weighted by molar-refractivity contribution is 7.85. The summed E-state index contributed by atoms with van der Waals surface area (Å²) in [6.45, 7) is 2.40. The van der Waals surface area contributed by atoms with E-state index in [-0.39, 0.29) is 17.3 Å². The average molecular weight is 343 g/mol. The van der Waals surface area contributed by atoms with Crippen LogP contribution in [0, 0.1) is 0 Å². The van der Waals surface area contributed by atoms with Crippen molar-refractivity contribution < 1.29 is 9.00 Å². The van der Waals surface area contributed by atoms with Crippen LogP contribution in [-0.4, -0.2) is 27.3 Å². The third-order valence-corrected chi connectivity index (χ3v) is 5.94. The molecule has 0 aromatic heterocycles. The zero-order valence-corrected chi connectivity index (χ0v) is 14.4. The molecule has 0 bridgehead atoms. The monoisotopic (exact) mass is 342 g/mol. The Morgan fingerprint density at radius 1 is 1.41 bits per heavy atom. The van der Waals surface area contributed by atoms with Gasteiger partial charge in [-0.2, -0.15) is 0 Å². The largest absolute Gasteiger partial charge is 0.335 e. The summed E-state index contributed by atoms with van der Waals surface area (Å²) in [6, 6.07) is 7.38. The number of amides is 2. The molecule has 4 nitrogen and oxygen atoms in total. The van der Waals surface area contributed by atoms with E-state index in [1.54, 1.807) is 6.07 Å². The Kier molecular flexibility index (Phi) is 6.70. The van der Waals surface area contributed by atoms with Crippen LogP contribution in [0.15, 0.2) is 24.3 Å². The van der Waals surface area contributed by atoms with Crippen molar-refractivity contribution >= 4 is 28.4 Å². The normalized spacial score (nSPS) is 22.8. The van der Waals surface area contributed by atoms with Gasteiger partial charge in [0.15, 0.2) is 0 Å². The van der Waals surface area contributed by atoms with Crippen LogP contribution in [0.1, 0.15) is 38.2 Å². The number of carbonyl (C=O) groups is 1. The molecule has 1 aliphatic rings. The van der Waals surface area contributed by atoms with Gasteiger partial charge in [-0.1, -0.05) is 37.1 Å². The van der Waals surface area contributed by atoms with Crippen LogP contribution >= 0.6 is 11.6 Å². The number of carbonyl (C=O) groups excluding carboxylic acids is 1. The molecule has 0 heterocycles. The minimum absolute atomic E-state index is 0.119. The molecule has 0 aliphatic heterocycles. The number of urea groups is 1. The zero-order chi connectivity index (χ0) is 15.9. The van der Waals surface area contributed by atoms with E-state index >= 15 is 0 Å². The van der Waals surface area contributed by atoms with Gasteiger partial charge in [0.2, 0.25) is 0 Å². The standard InChI is InChI=1S/C16H23ClN2O2S/c1-2-22(21)15-8-4-7-14(10-15)19-16(20)18-11-12-5-3-6-13(17)9-12/h3,5-6,9,14-15H,2,4,7-8,10-11H2,1H3,(H2,18,19,20)/t14-,15+,22+/m1/s1. The zero-order valence-electron chi connectivity index (χ0n) is 12.8. The molecule has 1 aromatic carbocycles. The predicted octanol–water partition coefficient (Wildman–Crippen LogP) is 3.22. The lowest BCUT2D eigenvalue weighted by Gasteiger charge is -2.29. The van der Waals surface area contributed by atoms with Gasteiger partial charge >= 0.3 is 6.03 Å². The summed E-state index contributed by atoms with van der Waals surface area (Å²) in [7, 11) is -0.771. The van der Waals surface area contributed by atoms with Gasteiger partial charge in [0.05, 0.1) is 0 Å². The van der Waals surface area contributed by atoms with Gasteiger partial charge < -0.3 is 10.6 Å². The van der Waals surface area contributed by atoms with E-state index in [2.05, 4.69) is 10.6 Å². The van der Waals surface area contributed by atoms with Crippen molar-refractivity contribution in [3.8, 4) is 0 Å². The van der Waals surface area contributed by atoms with Gasteiger partial charge in [-0.15, -0.1) is 0 Å². The van der Waals surface area contributed by atoms with E-state index in [9.17, 15) is 9.00 Å². The van der Waals surface area contributed by atoms with E-state index < -0.39 is 10.8 Å². The summed E-state index contributed by atoms with van der Waals surface area (Å²) in [5.74, 6) is 0.693. The Hall–Kier alpha value is -1.07. The molecule has 1 aromatic rings.